The number of aromatic nitrogens is 4. The molecular weight excluding hydrogens is 421 g/mol. The average Bonchev–Trinajstić information content (AvgIpc) is 3.37. The highest BCUT2D eigenvalue weighted by molar-refractivity contribution is 5.58. The van der Waals surface area contributed by atoms with Gasteiger partial charge in [-0.15, -0.1) is 0 Å². The number of aryl methyl sites for hydroxylation is 1. The Morgan fingerprint density at radius 3 is 2.66 bits per heavy atom. The van der Waals surface area contributed by atoms with E-state index in [2.05, 4.69) is 15.2 Å². The molecule has 0 amide bonds. The number of allylic oxidation sites excluding steroid dienone is 6. The Bertz CT molecular complexity index is 1120. The molecule has 0 radical (unpaired) electrons. The van der Waals surface area contributed by atoms with Crippen LogP contribution in [0.15, 0.2) is 70.8 Å². The first-order chi connectivity index (χ1) is 15.2. The molecule has 0 aliphatic carbocycles. The van der Waals surface area contributed by atoms with Gasteiger partial charge < -0.3 is 9.26 Å². The molecule has 0 aliphatic heterocycles. The van der Waals surface area contributed by atoms with Crippen molar-refractivity contribution in [3.8, 4) is 28.7 Å². The second kappa shape index (κ2) is 10.1. The fourth-order valence-corrected chi connectivity index (χ4v) is 2.81. The zero-order chi connectivity index (χ0) is 23.1. The van der Waals surface area contributed by atoms with Crippen molar-refractivity contribution in [2.45, 2.75) is 33.5 Å². The third-order valence-electron chi connectivity index (χ3n) is 4.34. The minimum atomic E-state index is -4.39. The van der Waals surface area contributed by atoms with Crippen LogP contribution in [0.1, 0.15) is 19.5 Å². The lowest BCUT2D eigenvalue weighted by molar-refractivity contribution is -0.153. The van der Waals surface area contributed by atoms with Gasteiger partial charge in [-0.05, 0) is 51.1 Å². The van der Waals surface area contributed by atoms with Crippen LogP contribution in [0.5, 0.6) is 5.75 Å². The van der Waals surface area contributed by atoms with Crippen molar-refractivity contribution in [1.82, 2.24) is 19.9 Å². The molecule has 6 nitrogen and oxygen atoms in total. The molecule has 0 spiro atoms. The van der Waals surface area contributed by atoms with E-state index in [-0.39, 0.29) is 11.6 Å². The molecule has 3 rings (SSSR count). The summed E-state index contributed by atoms with van der Waals surface area (Å²) < 4.78 is 48.6. The zero-order valence-electron chi connectivity index (χ0n) is 17.9. The van der Waals surface area contributed by atoms with Crippen LogP contribution in [0.3, 0.4) is 0 Å². The lowest BCUT2D eigenvalue weighted by atomic mass is 10.2. The van der Waals surface area contributed by atoms with E-state index in [1.54, 1.807) is 12.1 Å². The van der Waals surface area contributed by atoms with Crippen LogP contribution >= 0.6 is 0 Å². The molecule has 0 atom stereocenters. The van der Waals surface area contributed by atoms with Crippen LogP contribution < -0.4 is 4.74 Å². The normalized spacial score (nSPS) is 12.9. The highest BCUT2D eigenvalue weighted by Gasteiger charge is 2.28. The summed E-state index contributed by atoms with van der Waals surface area (Å²) in [5, 5.41) is 8.45. The Balaban J connectivity index is 1.67. The van der Waals surface area contributed by atoms with Crippen molar-refractivity contribution in [2.75, 3.05) is 6.61 Å². The number of alkyl halides is 3. The van der Waals surface area contributed by atoms with E-state index in [4.69, 9.17) is 9.26 Å². The summed E-state index contributed by atoms with van der Waals surface area (Å²) in [6, 6.07) is 7.83. The van der Waals surface area contributed by atoms with Crippen LogP contribution in [0.2, 0.25) is 0 Å². The lowest BCUT2D eigenvalue weighted by Crippen LogP contribution is -2.19. The van der Waals surface area contributed by atoms with Crippen molar-refractivity contribution >= 4 is 0 Å². The van der Waals surface area contributed by atoms with Crippen LogP contribution in [0, 0.1) is 6.92 Å². The summed E-state index contributed by atoms with van der Waals surface area (Å²) in [7, 11) is 0. The van der Waals surface area contributed by atoms with E-state index in [0.29, 0.717) is 23.6 Å². The topological polar surface area (TPSA) is 66.0 Å². The predicted molar refractivity (Wildman–Crippen MR) is 115 cm³/mol. The molecule has 2 heterocycles. The maximum absolute atomic E-state index is 12.3. The Morgan fingerprint density at radius 2 is 1.97 bits per heavy atom. The van der Waals surface area contributed by atoms with E-state index in [0.717, 1.165) is 11.3 Å². The monoisotopic (exact) mass is 444 g/mol. The van der Waals surface area contributed by atoms with Crippen molar-refractivity contribution in [3.63, 3.8) is 0 Å². The third kappa shape index (κ3) is 6.44. The average molecular weight is 444 g/mol. The van der Waals surface area contributed by atoms with Crippen molar-refractivity contribution in [2.24, 2.45) is 0 Å². The number of benzene rings is 1. The molecule has 0 aliphatic rings. The minimum absolute atomic E-state index is 0.105. The van der Waals surface area contributed by atoms with Gasteiger partial charge in [0.2, 0.25) is 5.82 Å². The maximum atomic E-state index is 12.3. The van der Waals surface area contributed by atoms with Crippen molar-refractivity contribution in [1.29, 1.82) is 0 Å². The number of rotatable bonds is 8. The first-order valence-electron chi connectivity index (χ1n) is 9.90. The second-order valence-corrected chi connectivity index (χ2v) is 7.04. The predicted octanol–water partition coefficient (Wildman–Crippen LogP) is 5.93. The number of halogens is 3. The van der Waals surface area contributed by atoms with Gasteiger partial charge in [0.25, 0.3) is 5.89 Å². The zero-order valence-corrected chi connectivity index (χ0v) is 17.9. The summed E-state index contributed by atoms with van der Waals surface area (Å²) >= 11 is 0. The molecule has 3 aromatic rings. The number of ether oxygens (including phenoxy) is 1. The van der Waals surface area contributed by atoms with Gasteiger partial charge >= 0.3 is 6.18 Å². The van der Waals surface area contributed by atoms with E-state index in [9.17, 15) is 13.2 Å². The van der Waals surface area contributed by atoms with E-state index in [1.807, 2.05) is 61.9 Å². The molecule has 168 valence electrons. The Hall–Kier alpha value is -3.62. The highest BCUT2D eigenvalue weighted by atomic mass is 19.4. The fourth-order valence-electron chi connectivity index (χ4n) is 2.81. The second-order valence-electron chi connectivity index (χ2n) is 7.04. The summed E-state index contributed by atoms with van der Waals surface area (Å²) in [4.78, 5) is 4.35. The molecular formula is C23H23F3N4O2. The molecule has 32 heavy (non-hydrogen) atoms. The van der Waals surface area contributed by atoms with Crippen LogP contribution in [-0.4, -0.2) is 32.7 Å². The molecule has 0 N–H and O–H groups in total. The lowest BCUT2D eigenvalue weighted by Gasteiger charge is -2.08. The largest absolute Gasteiger partial charge is 0.484 e. The fraction of sp³-hybridized carbons (Fsp3) is 0.261. The smallest absolute Gasteiger partial charge is 0.422 e. The van der Waals surface area contributed by atoms with Gasteiger partial charge in [0.05, 0.1) is 6.54 Å². The standard InChI is InChI=1S/C23H23F3N4O2/c1-4-7-16(2)8-5-6-13-30-17(3)14-20(28-30)22-27-21(29-32-22)18-9-11-19(12-10-18)31-15-23(24,25)26/h4-12,14H,13,15H2,1-3H3/b6-5+,7-4-,16-8-. The van der Waals surface area contributed by atoms with E-state index >= 15 is 0 Å². The number of hydrogen-bond donors (Lipinski definition) is 0. The molecule has 0 fully saturated rings. The molecule has 1 aromatic carbocycles. The van der Waals surface area contributed by atoms with Gasteiger partial charge in [-0.2, -0.15) is 23.3 Å². The Kier molecular flexibility index (Phi) is 7.29. The SMILES string of the molecule is C\C=C/C(C)=C\C=C\Cn1nc(-c2nc(-c3ccc(OCC(F)(F)F)cc3)no2)cc1C. The van der Waals surface area contributed by atoms with Gasteiger partial charge in [-0.3, -0.25) is 4.68 Å². The van der Waals surface area contributed by atoms with Crippen LogP contribution in [-0.2, 0) is 6.54 Å². The summed E-state index contributed by atoms with van der Waals surface area (Å²) in [5.41, 5.74) is 3.21. The number of hydrogen-bond acceptors (Lipinski definition) is 5. The summed E-state index contributed by atoms with van der Waals surface area (Å²) in [5.74, 6) is 0.666. The highest BCUT2D eigenvalue weighted by Crippen LogP contribution is 2.25. The maximum Gasteiger partial charge on any atom is 0.422 e. The Morgan fingerprint density at radius 1 is 1.22 bits per heavy atom. The van der Waals surface area contributed by atoms with Gasteiger partial charge in [-0.1, -0.05) is 41.1 Å². The van der Waals surface area contributed by atoms with E-state index < -0.39 is 12.8 Å². The molecule has 0 saturated heterocycles. The minimum Gasteiger partial charge on any atom is -0.484 e. The summed E-state index contributed by atoms with van der Waals surface area (Å²) in [6.07, 6.45) is 5.61. The van der Waals surface area contributed by atoms with Crippen molar-refractivity contribution in [3.05, 3.63) is 72.0 Å². The molecule has 9 heteroatoms. The van der Waals surface area contributed by atoms with Crippen LogP contribution in [0.4, 0.5) is 13.2 Å². The first-order valence-corrected chi connectivity index (χ1v) is 9.90. The van der Waals surface area contributed by atoms with E-state index in [1.165, 1.54) is 12.1 Å². The van der Waals surface area contributed by atoms with Gasteiger partial charge in [0, 0.05) is 11.3 Å². The summed E-state index contributed by atoms with van der Waals surface area (Å²) in [6.45, 7) is 5.17. The van der Waals surface area contributed by atoms with Gasteiger partial charge in [-0.25, -0.2) is 0 Å². The van der Waals surface area contributed by atoms with Gasteiger partial charge in [0.1, 0.15) is 5.75 Å². The molecule has 0 bridgehead atoms. The van der Waals surface area contributed by atoms with Gasteiger partial charge in [0.15, 0.2) is 12.3 Å². The molecule has 0 unspecified atom stereocenters. The number of nitrogens with zero attached hydrogens (tertiary/aromatic N) is 4. The third-order valence-corrected chi connectivity index (χ3v) is 4.34. The Labute approximate surface area is 183 Å². The first kappa shape index (κ1) is 23.1. The van der Waals surface area contributed by atoms with Crippen molar-refractivity contribution < 1.29 is 22.4 Å². The molecule has 2 aromatic heterocycles. The molecule has 0 saturated carbocycles. The van der Waals surface area contributed by atoms with Crippen LogP contribution in [0.25, 0.3) is 23.0 Å². The quantitative estimate of drug-likeness (QED) is 0.403.